The molecular weight excluding hydrogens is 424 g/mol. The van der Waals surface area contributed by atoms with Crippen molar-refractivity contribution < 1.29 is 4.79 Å². The van der Waals surface area contributed by atoms with Gasteiger partial charge in [-0.15, -0.1) is 0 Å². The van der Waals surface area contributed by atoms with Gasteiger partial charge in [0.05, 0.1) is 11.1 Å². The Labute approximate surface area is 192 Å². The zero-order valence-corrected chi connectivity index (χ0v) is 18.9. The number of hydrogen-bond acceptors (Lipinski definition) is 5. The Morgan fingerprint density at radius 1 is 1.34 bits per heavy atom. The third kappa shape index (κ3) is 5.47. The summed E-state index contributed by atoms with van der Waals surface area (Å²) in [5.74, 6) is 7.02. The van der Waals surface area contributed by atoms with E-state index in [0.717, 1.165) is 47.6 Å². The number of hydrogen-bond donors (Lipinski definition) is 2. The highest BCUT2D eigenvalue weighted by Crippen LogP contribution is 2.23. The van der Waals surface area contributed by atoms with Gasteiger partial charge in [-0.2, -0.15) is 0 Å². The Morgan fingerprint density at radius 3 is 3.03 bits per heavy atom. The number of aromatic amines is 1. The Balaban J connectivity index is 1.44. The first-order chi connectivity index (χ1) is 15.5. The quantitative estimate of drug-likeness (QED) is 0.463. The summed E-state index contributed by atoms with van der Waals surface area (Å²) in [6.45, 7) is 2.11. The number of nitrogens with zero attached hydrogens (tertiary/aromatic N) is 4. The summed E-state index contributed by atoms with van der Waals surface area (Å²) in [7, 11) is 3.95. The van der Waals surface area contributed by atoms with Crippen LogP contribution in [0.1, 0.15) is 17.7 Å². The minimum absolute atomic E-state index is 0.0456. The maximum absolute atomic E-state index is 12.4. The standard InChI is InChI=1S/C24H25ClN6O/c1-30(2)11-4-7-22(32)31-12-10-20(15-31)29-24-21-14-19(28-23(21)26-16-27-24)9-8-17-5-3-6-18(25)13-17/h3-7,13-14,16,20H,10-12,15H2,1-2H3,(H2,26,27,28,29)/b7-4+/t20-/m1/s1. The summed E-state index contributed by atoms with van der Waals surface area (Å²) in [5.41, 5.74) is 2.31. The van der Waals surface area contributed by atoms with Crippen molar-refractivity contribution in [1.82, 2.24) is 24.8 Å². The van der Waals surface area contributed by atoms with Gasteiger partial charge in [0.15, 0.2) is 0 Å². The fourth-order valence-electron chi connectivity index (χ4n) is 3.57. The van der Waals surface area contributed by atoms with Crippen molar-refractivity contribution in [2.45, 2.75) is 12.5 Å². The van der Waals surface area contributed by atoms with Crippen LogP contribution >= 0.6 is 11.6 Å². The SMILES string of the molecule is CN(C)C/C=C/C(=O)N1CC[C@@H](Nc2ncnc3[nH]c(C#Cc4cccc(Cl)c4)cc23)C1. The molecule has 0 unspecified atom stereocenters. The first-order valence-corrected chi connectivity index (χ1v) is 10.8. The largest absolute Gasteiger partial charge is 0.365 e. The highest BCUT2D eigenvalue weighted by Gasteiger charge is 2.25. The number of likely N-dealkylation sites (tertiary alicyclic amines) is 1. The molecule has 8 heteroatoms. The first-order valence-electron chi connectivity index (χ1n) is 10.5. The molecule has 7 nitrogen and oxygen atoms in total. The number of nitrogens with one attached hydrogen (secondary N) is 2. The molecule has 1 aliphatic rings. The van der Waals surface area contributed by atoms with E-state index >= 15 is 0 Å². The molecular formula is C24H25ClN6O. The number of amides is 1. The van der Waals surface area contributed by atoms with E-state index < -0.39 is 0 Å². The molecule has 0 radical (unpaired) electrons. The summed E-state index contributed by atoms with van der Waals surface area (Å²) in [6, 6.07) is 9.51. The van der Waals surface area contributed by atoms with E-state index in [-0.39, 0.29) is 11.9 Å². The van der Waals surface area contributed by atoms with Crippen LogP contribution in [0.15, 0.2) is 48.8 Å². The van der Waals surface area contributed by atoms with Crippen LogP contribution in [0.25, 0.3) is 11.0 Å². The molecule has 4 rings (SSSR count). The van der Waals surface area contributed by atoms with Gasteiger partial charge in [-0.05, 0) is 50.7 Å². The zero-order valence-electron chi connectivity index (χ0n) is 18.1. The van der Waals surface area contributed by atoms with Gasteiger partial charge < -0.3 is 20.1 Å². The third-order valence-electron chi connectivity index (χ3n) is 5.16. The molecule has 2 N–H and O–H groups in total. The number of carbonyl (C=O) groups is 1. The second kappa shape index (κ2) is 9.86. The van der Waals surface area contributed by atoms with Crippen LogP contribution in [0.2, 0.25) is 5.02 Å². The van der Waals surface area contributed by atoms with Crippen LogP contribution in [-0.4, -0.2) is 70.4 Å². The van der Waals surface area contributed by atoms with Gasteiger partial charge >= 0.3 is 0 Å². The van der Waals surface area contributed by atoms with Gasteiger partial charge in [-0.25, -0.2) is 9.97 Å². The van der Waals surface area contributed by atoms with Crippen molar-refractivity contribution in [2.24, 2.45) is 0 Å². The molecule has 32 heavy (non-hydrogen) atoms. The van der Waals surface area contributed by atoms with Crippen molar-refractivity contribution in [3.63, 3.8) is 0 Å². The number of fused-ring (bicyclic) bond motifs is 1. The van der Waals surface area contributed by atoms with Crippen molar-refractivity contribution in [1.29, 1.82) is 0 Å². The molecule has 2 aromatic heterocycles. The minimum Gasteiger partial charge on any atom is -0.365 e. The van der Waals surface area contributed by atoms with E-state index in [1.807, 2.05) is 60.3 Å². The number of H-pyrrole nitrogens is 1. The van der Waals surface area contributed by atoms with Gasteiger partial charge in [0, 0.05) is 42.3 Å². The molecule has 1 saturated heterocycles. The summed E-state index contributed by atoms with van der Waals surface area (Å²) >= 11 is 6.03. The van der Waals surface area contributed by atoms with E-state index in [1.165, 1.54) is 6.33 Å². The van der Waals surface area contributed by atoms with Crippen molar-refractivity contribution in [2.75, 3.05) is 39.0 Å². The minimum atomic E-state index is 0.0456. The maximum Gasteiger partial charge on any atom is 0.246 e. The molecule has 0 saturated carbocycles. The Morgan fingerprint density at radius 2 is 2.22 bits per heavy atom. The summed E-state index contributed by atoms with van der Waals surface area (Å²) in [6.07, 6.45) is 5.94. The van der Waals surface area contributed by atoms with Crippen molar-refractivity contribution in [3.05, 3.63) is 65.1 Å². The van der Waals surface area contributed by atoms with E-state index in [1.54, 1.807) is 6.08 Å². The van der Waals surface area contributed by atoms with Crippen LogP contribution in [0, 0.1) is 11.8 Å². The van der Waals surface area contributed by atoms with E-state index in [4.69, 9.17) is 11.6 Å². The van der Waals surface area contributed by atoms with E-state index in [9.17, 15) is 4.79 Å². The number of carbonyl (C=O) groups excluding carboxylic acids is 1. The van der Waals surface area contributed by atoms with E-state index in [0.29, 0.717) is 11.6 Å². The maximum atomic E-state index is 12.4. The Hall–Kier alpha value is -3.34. The molecule has 1 fully saturated rings. The summed E-state index contributed by atoms with van der Waals surface area (Å²) in [5, 5.41) is 5.00. The van der Waals surface area contributed by atoms with Crippen LogP contribution in [-0.2, 0) is 4.79 Å². The number of aromatic nitrogens is 3. The fourth-order valence-corrected chi connectivity index (χ4v) is 3.76. The van der Waals surface area contributed by atoms with Gasteiger partial charge in [-0.1, -0.05) is 29.7 Å². The highest BCUT2D eigenvalue weighted by molar-refractivity contribution is 6.30. The number of rotatable bonds is 5. The van der Waals surface area contributed by atoms with Gasteiger partial charge in [0.1, 0.15) is 17.8 Å². The Bertz CT molecular complexity index is 1210. The predicted molar refractivity (Wildman–Crippen MR) is 128 cm³/mol. The number of likely N-dealkylation sites (N-methyl/N-ethyl adjacent to an activating group) is 1. The smallest absolute Gasteiger partial charge is 0.246 e. The number of benzene rings is 1. The molecule has 3 heterocycles. The Kier molecular flexibility index (Phi) is 6.74. The number of halogens is 1. The fraction of sp³-hybridized carbons (Fsp3) is 0.292. The van der Waals surface area contributed by atoms with Crippen LogP contribution in [0.3, 0.4) is 0 Å². The van der Waals surface area contributed by atoms with Crippen molar-refractivity contribution >= 4 is 34.4 Å². The zero-order chi connectivity index (χ0) is 22.5. The molecule has 0 bridgehead atoms. The molecule has 0 aliphatic carbocycles. The monoisotopic (exact) mass is 448 g/mol. The molecule has 1 atom stereocenters. The average molecular weight is 449 g/mol. The third-order valence-corrected chi connectivity index (χ3v) is 5.40. The van der Waals surface area contributed by atoms with Crippen LogP contribution in [0.5, 0.6) is 0 Å². The predicted octanol–water partition coefficient (Wildman–Crippen LogP) is 3.14. The van der Waals surface area contributed by atoms with Crippen LogP contribution in [0.4, 0.5) is 5.82 Å². The normalized spacial score (nSPS) is 16.0. The van der Waals surface area contributed by atoms with Gasteiger partial charge in [0.25, 0.3) is 0 Å². The number of anilines is 1. The molecule has 0 spiro atoms. The van der Waals surface area contributed by atoms with Gasteiger partial charge in [0.2, 0.25) is 5.91 Å². The molecule has 3 aromatic rings. The lowest BCUT2D eigenvalue weighted by Crippen LogP contribution is -2.30. The van der Waals surface area contributed by atoms with Crippen LogP contribution < -0.4 is 5.32 Å². The molecule has 164 valence electrons. The first kappa shape index (κ1) is 21.9. The second-order valence-corrected chi connectivity index (χ2v) is 8.44. The second-order valence-electron chi connectivity index (χ2n) is 8.01. The average Bonchev–Trinajstić information content (AvgIpc) is 3.39. The lowest BCUT2D eigenvalue weighted by Gasteiger charge is -2.16. The summed E-state index contributed by atoms with van der Waals surface area (Å²) < 4.78 is 0. The molecule has 1 aliphatic heterocycles. The molecule has 1 amide bonds. The lowest BCUT2D eigenvalue weighted by molar-refractivity contribution is -0.125. The lowest BCUT2D eigenvalue weighted by atomic mass is 10.2. The van der Waals surface area contributed by atoms with E-state index in [2.05, 4.69) is 32.1 Å². The molecule has 1 aromatic carbocycles. The van der Waals surface area contributed by atoms with Crippen molar-refractivity contribution in [3.8, 4) is 11.8 Å². The summed E-state index contributed by atoms with van der Waals surface area (Å²) in [4.78, 5) is 28.2. The topological polar surface area (TPSA) is 77.2 Å². The van der Waals surface area contributed by atoms with Gasteiger partial charge in [-0.3, -0.25) is 4.79 Å². The highest BCUT2D eigenvalue weighted by atomic mass is 35.5.